The number of hydrogen-bond acceptors (Lipinski definition) is 4. The van der Waals surface area contributed by atoms with Crippen LogP contribution in [0.15, 0.2) is 0 Å². The van der Waals surface area contributed by atoms with E-state index in [-0.39, 0.29) is 12.0 Å². The number of ether oxygens (including phenoxy) is 1. The molecule has 118 valence electrons. The lowest BCUT2D eigenvalue weighted by Crippen LogP contribution is -2.59. The van der Waals surface area contributed by atoms with Gasteiger partial charge in [-0.05, 0) is 32.1 Å². The van der Waals surface area contributed by atoms with Crippen LogP contribution in [0.5, 0.6) is 0 Å². The summed E-state index contributed by atoms with van der Waals surface area (Å²) in [5, 5.41) is 30.9. The number of aliphatic hydroxyl groups excluding tert-OH is 2. The van der Waals surface area contributed by atoms with E-state index in [1.54, 1.807) is 0 Å². The van der Waals surface area contributed by atoms with Crippen molar-refractivity contribution in [3.63, 3.8) is 0 Å². The second-order valence-corrected chi connectivity index (χ2v) is 6.55. The van der Waals surface area contributed by atoms with Gasteiger partial charge < -0.3 is 20.1 Å². The van der Waals surface area contributed by atoms with E-state index < -0.39 is 18.0 Å². The molecule has 0 bridgehead atoms. The number of unbranched alkanes of at least 4 members (excludes halogenated alkanes) is 3. The zero-order chi connectivity index (χ0) is 14.6. The Labute approximate surface area is 122 Å². The minimum atomic E-state index is -1.43. The molecular weight excluding hydrogens is 256 g/mol. The third-order valence-corrected chi connectivity index (χ3v) is 5.01. The van der Waals surface area contributed by atoms with Crippen molar-refractivity contribution in [2.45, 2.75) is 95.2 Å². The fourth-order valence-corrected chi connectivity index (χ4v) is 3.67. The maximum Gasteiger partial charge on any atom is 0.195 e. The van der Waals surface area contributed by atoms with Crippen LogP contribution in [-0.4, -0.2) is 39.4 Å². The lowest BCUT2D eigenvalue weighted by Gasteiger charge is -2.49. The molecular formula is C16H30O4. The van der Waals surface area contributed by atoms with Crippen molar-refractivity contribution in [3.05, 3.63) is 0 Å². The van der Waals surface area contributed by atoms with Gasteiger partial charge in [-0.2, -0.15) is 0 Å². The molecule has 0 aromatic rings. The maximum absolute atomic E-state index is 10.6. The molecule has 3 N–H and O–H groups in total. The highest BCUT2D eigenvalue weighted by Gasteiger charge is 2.51. The Morgan fingerprint density at radius 1 is 1.15 bits per heavy atom. The Morgan fingerprint density at radius 3 is 2.70 bits per heavy atom. The van der Waals surface area contributed by atoms with Crippen LogP contribution in [0.2, 0.25) is 0 Å². The van der Waals surface area contributed by atoms with Gasteiger partial charge in [-0.3, -0.25) is 0 Å². The molecule has 4 nitrogen and oxygen atoms in total. The average molecular weight is 286 g/mol. The molecule has 1 saturated heterocycles. The van der Waals surface area contributed by atoms with Crippen LogP contribution in [0.3, 0.4) is 0 Å². The summed E-state index contributed by atoms with van der Waals surface area (Å²) in [6.45, 7) is 2.17. The zero-order valence-electron chi connectivity index (χ0n) is 12.6. The molecule has 1 aliphatic carbocycles. The van der Waals surface area contributed by atoms with Crippen LogP contribution in [0.1, 0.15) is 71.1 Å². The molecule has 0 radical (unpaired) electrons. The predicted octanol–water partition coefficient (Wildman–Crippen LogP) is 2.35. The third-order valence-electron chi connectivity index (χ3n) is 5.01. The number of fused-ring (bicyclic) bond motifs is 1. The fourth-order valence-electron chi connectivity index (χ4n) is 3.67. The van der Waals surface area contributed by atoms with Crippen LogP contribution < -0.4 is 0 Å². The molecule has 2 fully saturated rings. The highest BCUT2D eigenvalue weighted by atomic mass is 16.7. The lowest BCUT2D eigenvalue weighted by atomic mass is 9.75. The molecule has 0 amide bonds. The summed E-state index contributed by atoms with van der Waals surface area (Å²) in [5.41, 5.74) is 0. The molecule has 1 heterocycles. The molecule has 0 unspecified atom stereocenters. The van der Waals surface area contributed by atoms with E-state index in [9.17, 15) is 15.3 Å². The Hall–Kier alpha value is -0.160. The molecule has 2 rings (SSSR count). The van der Waals surface area contributed by atoms with Crippen molar-refractivity contribution < 1.29 is 20.1 Å². The van der Waals surface area contributed by atoms with Crippen LogP contribution in [0.4, 0.5) is 0 Å². The highest BCUT2D eigenvalue weighted by molar-refractivity contribution is 4.94. The standard InChI is InChI=1S/C16H30O4/c1-2-3-4-5-8-13(17)14-11-10-12-7-6-9-15(18)16(12,19)20-14/h12-15,17-19H,2-11H2,1H3/t12-,13-,14-,15-,16-/m0/s1. The van der Waals surface area contributed by atoms with E-state index in [2.05, 4.69) is 6.92 Å². The largest absolute Gasteiger partial charge is 0.390 e. The van der Waals surface area contributed by atoms with Gasteiger partial charge in [-0.1, -0.05) is 39.0 Å². The monoisotopic (exact) mass is 286 g/mol. The molecule has 0 aromatic carbocycles. The Kier molecular flexibility index (Phi) is 5.84. The van der Waals surface area contributed by atoms with Crippen molar-refractivity contribution >= 4 is 0 Å². The topological polar surface area (TPSA) is 69.9 Å². The third kappa shape index (κ3) is 3.53. The van der Waals surface area contributed by atoms with Crippen LogP contribution in [-0.2, 0) is 4.74 Å². The average Bonchev–Trinajstić information content (AvgIpc) is 2.44. The van der Waals surface area contributed by atoms with Crippen LogP contribution >= 0.6 is 0 Å². The van der Waals surface area contributed by atoms with Gasteiger partial charge in [0.1, 0.15) is 6.10 Å². The van der Waals surface area contributed by atoms with Crippen molar-refractivity contribution in [1.82, 2.24) is 0 Å². The van der Waals surface area contributed by atoms with Gasteiger partial charge in [0.15, 0.2) is 5.79 Å². The minimum absolute atomic E-state index is 0.0230. The van der Waals surface area contributed by atoms with E-state index in [1.807, 2.05) is 0 Å². The maximum atomic E-state index is 10.6. The molecule has 0 spiro atoms. The normalized spacial score (nSPS) is 39.3. The van der Waals surface area contributed by atoms with Crippen LogP contribution in [0.25, 0.3) is 0 Å². The summed E-state index contributed by atoms with van der Waals surface area (Å²) in [6, 6.07) is 0. The quantitative estimate of drug-likeness (QED) is 0.656. The van der Waals surface area contributed by atoms with Crippen molar-refractivity contribution in [2.75, 3.05) is 0 Å². The van der Waals surface area contributed by atoms with E-state index in [1.165, 1.54) is 12.8 Å². The van der Waals surface area contributed by atoms with Crippen molar-refractivity contribution in [1.29, 1.82) is 0 Å². The number of rotatable bonds is 6. The second-order valence-electron chi connectivity index (χ2n) is 6.55. The van der Waals surface area contributed by atoms with Crippen molar-refractivity contribution in [2.24, 2.45) is 5.92 Å². The molecule has 4 heteroatoms. The molecule has 20 heavy (non-hydrogen) atoms. The second kappa shape index (κ2) is 7.21. The van der Waals surface area contributed by atoms with E-state index >= 15 is 0 Å². The Morgan fingerprint density at radius 2 is 1.95 bits per heavy atom. The SMILES string of the molecule is CCCCCC[C@H](O)[C@@H]1CC[C@@H]2CCC[C@H](O)[C@@]2(O)O1. The van der Waals surface area contributed by atoms with E-state index in [0.29, 0.717) is 6.42 Å². The summed E-state index contributed by atoms with van der Waals surface area (Å²) in [7, 11) is 0. The molecule has 1 saturated carbocycles. The highest BCUT2D eigenvalue weighted by Crippen LogP contribution is 2.43. The number of hydrogen-bond donors (Lipinski definition) is 3. The Balaban J connectivity index is 1.85. The van der Waals surface area contributed by atoms with Gasteiger partial charge >= 0.3 is 0 Å². The molecule has 0 aromatic heterocycles. The first kappa shape index (κ1) is 16.2. The first-order valence-corrected chi connectivity index (χ1v) is 8.34. The predicted molar refractivity (Wildman–Crippen MR) is 77.2 cm³/mol. The summed E-state index contributed by atoms with van der Waals surface area (Å²) in [4.78, 5) is 0. The smallest absolute Gasteiger partial charge is 0.195 e. The Bertz CT molecular complexity index is 296. The van der Waals surface area contributed by atoms with Gasteiger partial charge in [0.05, 0.1) is 12.2 Å². The van der Waals surface area contributed by atoms with Gasteiger partial charge in [0.25, 0.3) is 0 Å². The first-order chi connectivity index (χ1) is 9.58. The summed E-state index contributed by atoms with van der Waals surface area (Å²) in [5.74, 6) is -1.40. The molecule has 2 aliphatic rings. The molecule has 5 atom stereocenters. The van der Waals surface area contributed by atoms with Crippen LogP contribution in [0, 0.1) is 5.92 Å². The fraction of sp³-hybridized carbons (Fsp3) is 1.00. The summed E-state index contributed by atoms with van der Waals surface area (Å²) in [6.07, 6.45) is 7.65. The van der Waals surface area contributed by atoms with E-state index in [0.717, 1.165) is 44.9 Å². The summed E-state index contributed by atoms with van der Waals surface area (Å²) >= 11 is 0. The van der Waals surface area contributed by atoms with Gasteiger partial charge in [0, 0.05) is 5.92 Å². The van der Waals surface area contributed by atoms with Crippen molar-refractivity contribution in [3.8, 4) is 0 Å². The minimum Gasteiger partial charge on any atom is -0.390 e. The van der Waals surface area contributed by atoms with Gasteiger partial charge in [-0.15, -0.1) is 0 Å². The van der Waals surface area contributed by atoms with E-state index in [4.69, 9.17) is 4.74 Å². The lowest BCUT2D eigenvalue weighted by molar-refractivity contribution is -0.343. The first-order valence-electron chi connectivity index (χ1n) is 8.34. The number of aliphatic hydroxyl groups is 3. The molecule has 1 aliphatic heterocycles. The van der Waals surface area contributed by atoms with Gasteiger partial charge in [-0.25, -0.2) is 0 Å². The summed E-state index contributed by atoms with van der Waals surface area (Å²) < 4.78 is 5.76. The zero-order valence-corrected chi connectivity index (χ0v) is 12.6. The van der Waals surface area contributed by atoms with Gasteiger partial charge in [0.2, 0.25) is 0 Å².